The van der Waals surface area contributed by atoms with E-state index in [-0.39, 0.29) is 12.1 Å². The second-order valence-corrected chi connectivity index (χ2v) is 7.96. The molecular formula is C22H30N6O. The molecule has 0 unspecified atom stereocenters. The maximum atomic E-state index is 12.1. The molecule has 4 rings (SSSR count). The number of hydrogen-bond acceptors (Lipinski definition) is 5. The van der Waals surface area contributed by atoms with Crippen molar-refractivity contribution in [2.45, 2.75) is 44.7 Å². The van der Waals surface area contributed by atoms with Gasteiger partial charge in [-0.05, 0) is 30.5 Å². The highest BCUT2D eigenvalue weighted by Gasteiger charge is 2.19. The molecule has 2 aliphatic rings. The summed E-state index contributed by atoms with van der Waals surface area (Å²) in [6, 6.07) is 14.4. The molecule has 1 saturated carbocycles. The summed E-state index contributed by atoms with van der Waals surface area (Å²) in [5.41, 5.74) is 1.35. The summed E-state index contributed by atoms with van der Waals surface area (Å²) in [6.45, 7) is 4.84. The van der Waals surface area contributed by atoms with Crippen molar-refractivity contribution in [1.82, 2.24) is 20.4 Å². The van der Waals surface area contributed by atoms with Gasteiger partial charge in [-0.15, -0.1) is 10.2 Å². The second kappa shape index (κ2) is 9.69. The number of nitrogens with one attached hydrogen (secondary N) is 2. The van der Waals surface area contributed by atoms with Gasteiger partial charge in [-0.1, -0.05) is 49.6 Å². The molecule has 2 fully saturated rings. The first-order valence-electron chi connectivity index (χ1n) is 10.7. The maximum absolute atomic E-state index is 12.1. The van der Waals surface area contributed by atoms with Crippen LogP contribution < -0.4 is 15.5 Å². The summed E-state index contributed by atoms with van der Waals surface area (Å²) in [4.78, 5) is 16.9. The van der Waals surface area contributed by atoms with Crippen molar-refractivity contribution in [3.8, 4) is 0 Å². The van der Waals surface area contributed by atoms with Crippen LogP contribution in [0.25, 0.3) is 0 Å². The largest absolute Gasteiger partial charge is 0.353 e. The second-order valence-electron chi connectivity index (χ2n) is 7.96. The number of urea groups is 1. The van der Waals surface area contributed by atoms with Gasteiger partial charge >= 0.3 is 6.03 Å². The molecule has 1 aliphatic carbocycles. The van der Waals surface area contributed by atoms with Gasteiger partial charge < -0.3 is 10.2 Å². The monoisotopic (exact) mass is 394 g/mol. The molecule has 0 bridgehead atoms. The molecule has 2 N–H and O–H groups in total. The van der Waals surface area contributed by atoms with Gasteiger partial charge in [-0.25, -0.2) is 4.79 Å². The van der Waals surface area contributed by atoms with E-state index in [0.717, 1.165) is 51.4 Å². The third-order valence-corrected chi connectivity index (χ3v) is 5.78. The van der Waals surface area contributed by atoms with Crippen LogP contribution in [0.4, 0.5) is 16.4 Å². The molecule has 1 saturated heterocycles. The molecule has 0 atom stereocenters. The lowest BCUT2D eigenvalue weighted by Crippen LogP contribution is -2.46. The Balaban J connectivity index is 1.23. The van der Waals surface area contributed by atoms with Crippen molar-refractivity contribution in [1.29, 1.82) is 0 Å². The van der Waals surface area contributed by atoms with E-state index in [0.29, 0.717) is 5.82 Å². The Bertz CT molecular complexity index is 768. The topological polar surface area (TPSA) is 73.4 Å². The number of anilines is 2. The molecule has 0 spiro atoms. The number of carbonyl (C=O) groups excluding carboxylic acids is 1. The molecule has 29 heavy (non-hydrogen) atoms. The fourth-order valence-electron chi connectivity index (χ4n) is 4.12. The van der Waals surface area contributed by atoms with E-state index < -0.39 is 0 Å². The molecule has 2 aromatic rings. The van der Waals surface area contributed by atoms with Crippen LogP contribution in [0.15, 0.2) is 42.5 Å². The highest BCUT2D eigenvalue weighted by molar-refractivity contribution is 5.88. The molecule has 7 nitrogen and oxygen atoms in total. The third kappa shape index (κ3) is 5.67. The van der Waals surface area contributed by atoms with Gasteiger partial charge in [0.15, 0.2) is 11.6 Å². The highest BCUT2D eigenvalue weighted by atomic mass is 16.2. The Kier molecular flexibility index (Phi) is 6.56. The van der Waals surface area contributed by atoms with Crippen LogP contribution in [-0.2, 0) is 6.54 Å². The van der Waals surface area contributed by atoms with Crippen LogP contribution in [0.1, 0.15) is 37.7 Å². The average molecular weight is 395 g/mol. The number of nitrogens with zero attached hydrogens (tertiary/aromatic N) is 4. The van der Waals surface area contributed by atoms with Gasteiger partial charge in [0.2, 0.25) is 0 Å². The number of amides is 2. The van der Waals surface area contributed by atoms with E-state index in [2.05, 4.69) is 61.0 Å². The van der Waals surface area contributed by atoms with Crippen molar-refractivity contribution in [2.75, 3.05) is 36.4 Å². The van der Waals surface area contributed by atoms with E-state index in [1.54, 1.807) is 0 Å². The minimum absolute atomic E-state index is 0.187. The van der Waals surface area contributed by atoms with Crippen LogP contribution in [-0.4, -0.2) is 53.3 Å². The van der Waals surface area contributed by atoms with Crippen molar-refractivity contribution in [3.63, 3.8) is 0 Å². The van der Waals surface area contributed by atoms with Crippen LogP contribution >= 0.6 is 0 Å². The number of piperazine rings is 1. The van der Waals surface area contributed by atoms with Crippen LogP contribution in [0, 0.1) is 0 Å². The Morgan fingerprint density at radius 3 is 2.38 bits per heavy atom. The molecular weight excluding hydrogens is 364 g/mol. The fourth-order valence-corrected chi connectivity index (χ4v) is 4.12. The number of hydrogen-bond donors (Lipinski definition) is 2. The molecule has 7 heteroatoms. The maximum Gasteiger partial charge on any atom is 0.320 e. The summed E-state index contributed by atoms with van der Waals surface area (Å²) in [5, 5.41) is 14.4. The number of rotatable bonds is 5. The minimum Gasteiger partial charge on any atom is -0.353 e. The smallest absolute Gasteiger partial charge is 0.320 e. The predicted molar refractivity (Wildman–Crippen MR) is 115 cm³/mol. The minimum atomic E-state index is -0.187. The molecule has 1 aliphatic heterocycles. The van der Waals surface area contributed by atoms with Crippen LogP contribution in [0.2, 0.25) is 0 Å². The van der Waals surface area contributed by atoms with Gasteiger partial charge in [0.1, 0.15) is 0 Å². The normalized spacial score (nSPS) is 18.4. The Hall–Kier alpha value is -2.67. The molecule has 2 heterocycles. The number of aromatic nitrogens is 2. The SMILES string of the molecule is O=C(Nc1ccc(N2CCN(Cc3ccccc3)CC2)nn1)NC1CCCCC1. The molecule has 1 aromatic heterocycles. The Labute approximate surface area is 172 Å². The van der Waals surface area contributed by atoms with Gasteiger partial charge in [0.25, 0.3) is 0 Å². The first-order valence-corrected chi connectivity index (χ1v) is 10.7. The van der Waals surface area contributed by atoms with Crippen LogP contribution in [0.5, 0.6) is 0 Å². The van der Waals surface area contributed by atoms with E-state index in [1.165, 1.54) is 24.8 Å². The molecule has 154 valence electrons. The summed E-state index contributed by atoms with van der Waals surface area (Å²) in [7, 11) is 0. The molecule has 1 aromatic carbocycles. The van der Waals surface area contributed by atoms with Crippen molar-refractivity contribution >= 4 is 17.7 Å². The van der Waals surface area contributed by atoms with Gasteiger partial charge in [0, 0.05) is 38.8 Å². The Morgan fingerprint density at radius 2 is 1.69 bits per heavy atom. The van der Waals surface area contributed by atoms with Crippen molar-refractivity contribution in [2.24, 2.45) is 0 Å². The van der Waals surface area contributed by atoms with Crippen molar-refractivity contribution in [3.05, 3.63) is 48.0 Å². The predicted octanol–water partition coefficient (Wildman–Crippen LogP) is 3.25. The van der Waals surface area contributed by atoms with E-state index in [4.69, 9.17) is 0 Å². The summed E-state index contributed by atoms with van der Waals surface area (Å²) >= 11 is 0. The summed E-state index contributed by atoms with van der Waals surface area (Å²) in [6.07, 6.45) is 5.78. The third-order valence-electron chi connectivity index (χ3n) is 5.78. The van der Waals surface area contributed by atoms with E-state index in [9.17, 15) is 4.79 Å². The van der Waals surface area contributed by atoms with Crippen LogP contribution in [0.3, 0.4) is 0 Å². The zero-order chi connectivity index (χ0) is 19.9. The van der Waals surface area contributed by atoms with E-state index in [1.807, 2.05) is 12.1 Å². The lowest BCUT2D eigenvalue weighted by atomic mass is 9.96. The quantitative estimate of drug-likeness (QED) is 0.814. The van der Waals surface area contributed by atoms with Crippen molar-refractivity contribution < 1.29 is 4.79 Å². The first-order chi connectivity index (χ1) is 14.3. The standard InChI is InChI=1S/C22H30N6O/c29-22(23-19-9-5-2-6-10-19)24-20-11-12-21(26-25-20)28-15-13-27(14-16-28)17-18-7-3-1-4-8-18/h1,3-4,7-8,11-12,19H,2,5-6,9-10,13-17H2,(H2,23,24,25,29). The zero-order valence-electron chi connectivity index (χ0n) is 16.9. The van der Waals surface area contributed by atoms with Gasteiger partial charge in [0.05, 0.1) is 0 Å². The highest BCUT2D eigenvalue weighted by Crippen LogP contribution is 2.18. The molecule has 0 radical (unpaired) electrons. The fraction of sp³-hybridized carbons (Fsp3) is 0.500. The first kappa shape index (κ1) is 19.6. The summed E-state index contributed by atoms with van der Waals surface area (Å²) in [5.74, 6) is 1.35. The zero-order valence-corrected chi connectivity index (χ0v) is 16.9. The Morgan fingerprint density at radius 1 is 0.931 bits per heavy atom. The number of carbonyl (C=O) groups is 1. The lowest BCUT2D eigenvalue weighted by molar-refractivity contribution is 0.244. The van der Waals surface area contributed by atoms with E-state index >= 15 is 0 Å². The van der Waals surface area contributed by atoms with Gasteiger partial charge in [-0.3, -0.25) is 10.2 Å². The molecule has 2 amide bonds. The lowest BCUT2D eigenvalue weighted by Gasteiger charge is -2.35. The van der Waals surface area contributed by atoms with Gasteiger partial charge in [-0.2, -0.15) is 0 Å². The average Bonchev–Trinajstić information content (AvgIpc) is 2.76. The summed E-state index contributed by atoms with van der Waals surface area (Å²) < 4.78 is 0. The number of benzene rings is 1.